The maximum absolute atomic E-state index is 13.0. The Morgan fingerprint density at radius 2 is 1.57 bits per heavy atom. The fraction of sp³-hybridized carbons (Fsp3) is 0.917. The number of rotatable bonds is 11. The molecule has 4 nitrogen and oxygen atoms in total. The average Bonchev–Trinajstić information content (AvgIpc) is 2.69. The Bertz CT molecular complexity index is 473. The molecule has 2 fully saturated rings. The van der Waals surface area contributed by atoms with Crippen molar-refractivity contribution in [3.05, 3.63) is 0 Å². The van der Waals surface area contributed by atoms with Gasteiger partial charge in [0.05, 0.1) is 11.8 Å². The lowest BCUT2D eigenvalue weighted by Crippen LogP contribution is -2.41. The van der Waals surface area contributed by atoms with Crippen LogP contribution in [0, 0.1) is 17.8 Å². The molecule has 2 saturated carbocycles. The molecular formula is C24H42O4. The molecule has 0 spiro atoms. The molecule has 0 saturated heterocycles. The van der Waals surface area contributed by atoms with E-state index in [1.807, 2.05) is 0 Å². The third-order valence-corrected chi connectivity index (χ3v) is 7.07. The van der Waals surface area contributed by atoms with E-state index in [1.54, 1.807) is 0 Å². The zero-order valence-corrected chi connectivity index (χ0v) is 18.2. The number of hydrogen-bond acceptors (Lipinski definition) is 3. The second-order valence-corrected chi connectivity index (χ2v) is 9.41. The number of carbonyl (C=O) groups is 2. The molecule has 2 aliphatic rings. The van der Waals surface area contributed by atoms with E-state index in [-0.39, 0.29) is 23.4 Å². The molecule has 4 heteroatoms. The summed E-state index contributed by atoms with van der Waals surface area (Å²) >= 11 is 0. The van der Waals surface area contributed by atoms with Crippen LogP contribution in [0.15, 0.2) is 0 Å². The number of hydrogen-bond donors (Lipinski definition) is 1. The van der Waals surface area contributed by atoms with Crippen molar-refractivity contribution in [2.75, 3.05) is 0 Å². The summed E-state index contributed by atoms with van der Waals surface area (Å²) in [4.78, 5) is 24.2. The number of esters is 1. The van der Waals surface area contributed by atoms with Crippen LogP contribution < -0.4 is 0 Å². The highest BCUT2D eigenvalue weighted by atomic mass is 16.6. The van der Waals surface area contributed by atoms with Gasteiger partial charge in [-0.2, -0.15) is 0 Å². The molecule has 0 heterocycles. The van der Waals surface area contributed by atoms with Gasteiger partial charge < -0.3 is 9.84 Å². The predicted octanol–water partition coefficient (Wildman–Crippen LogP) is 6.51. The molecule has 1 N–H and O–H groups in total. The zero-order chi connectivity index (χ0) is 20.4. The standard InChI is InChI=1S/C24H42O4/c1-3-5-7-11-19(10-4-2)18-24(16-8-6-9-17-24)28-23(27)21-14-12-20(13-15-21)22(25)26/h19-21H,3-18H2,1-2H3,(H,25,26). The lowest BCUT2D eigenvalue weighted by molar-refractivity contribution is -0.173. The van der Waals surface area contributed by atoms with Crippen LogP contribution >= 0.6 is 0 Å². The van der Waals surface area contributed by atoms with E-state index in [2.05, 4.69) is 13.8 Å². The molecule has 1 atom stereocenters. The van der Waals surface area contributed by atoms with Crippen LogP contribution in [0.5, 0.6) is 0 Å². The third-order valence-electron chi connectivity index (χ3n) is 7.07. The molecular weight excluding hydrogens is 352 g/mol. The van der Waals surface area contributed by atoms with Crippen molar-refractivity contribution in [2.45, 2.75) is 122 Å². The van der Waals surface area contributed by atoms with Crippen molar-refractivity contribution < 1.29 is 19.4 Å². The second kappa shape index (κ2) is 11.8. The van der Waals surface area contributed by atoms with E-state index >= 15 is 0 Å². The zero-order valence-electron chi connectivity index (χ0n) is 18.2. The van der Waals surface area contributed by atoms with Crippen molar-refractivity contribution in [2.24, 2.45) is 17.8 Å². The number of ether oxygens (including phenoxy) is 1. The van der Waals surface area contributed by atoms with E-state index in [9.17, 15) is 14.7 Å². The highest BCUT2D eigenvalue weighted by Gasteiger charge is 2.40. The van der Waals surface area contributed by atoms with Gasteiger partial charge in [-0.15, -0.1) is 0 Å². The predicted molar refractivity (Wildman–Crippen MR) is 112 cm³/mol. The highest BCUT2D eigenvalue weighted by Crippen LogP contribution is 2.41. The van der Waals surface area contributed by atoms with Gasteiger partial charge in [-0.1, -0.05) is 58.8 Å². The molecule has 2 aliphatic carbocycles. The summed E-state index contributed by atoms with van der Waals surface area (Å²) < 4.78 is 6.31. The van der Waals surface area contributed by atoms with Gasteiger partial charge >= 0.3 is 11.9 Å². The first-order valence-electron chi connectivity index (χ1n) is 12.0. The molecule has 0 aliphatic heterocycles. The average molecular weight is 395 g/mol. The fourth-order valence-corrected chi connectivity index (χ4v) is 5.38. The Hall–Kier alpha value is -1.06. The summed E-state index contributed by atoms with van der Waals surface area (Å²) in [5.41, 5.74) is -0.259. The third kappa shape index (κ3) is 7.08. The number of unbranched alkanes of at least 4 members (excludes halogenated alkanes) is 2. The Morgan fingerprint density at radius 3 is 2.14 bits per heavy atom. The van der Waals surface area contributed by atoms with Crippen LogP contribution in [-0.4, -0.2) is 22.6 Å². The molecule has 0 aromatic carbocycles. The van der Waals surface area contributed by atoms with E-state index in [1.165, 1.54) is 44.9 Å². The maximum Gasteiger partial charge on any atom is 0.309 e. The Balaban J connectivity index is 1.97. The summed E-state index contributed by atoms with van der Waals surface area (Å²) in [6.07, 6.45) is 16.7. The summed E-state index contributed by atoms with van der Waals surface area (Å²) in [6.45, 7) is 4.51. The summed E-state index contributed by atoms with van der Waals surface area (Å²) in [6, 6.07) is 0. The topological polar surface area (TPSA) is 63.6 Å². The van der Waals surface area contributed by atoms with Crippen molar-refractivity contribution in [3.8, 4) is 0 Å². The molecule has 0 aromatic heterocycles. The molecule has 162 valence electrons. The van der Waals surface area contributed by atoms with Gasteiger partial charge in [0.2, 0.25) is 0 Å². The van der Waals surface area contributed by atoms with Gasteiger partial charge in [-0.3, -0.25) is 9.59 Å². The van der Waals surface area contributed by atoms with Crippen molar-refractivity contribution >= 4 is 11.9 Å². The monoisotopic (exact) mass is 394 g/mol. The lowest BCUT2D eigenvalue weighted by atomic mass is 9.75. The number of carbonyl (C=O) groups excluding carboxylic acids is 1. The van der Waals surface area contributed by atoms with Crippen molar-refractivity contribution in [1.82, 2.24) is 0 Å². The van der Waals surface area contributed by atoms with Crippen LogP contribution in [0.25, 0.3) is 0 Å². The van der Waals surface area contributed by atoms with Crippen LogP contribution in [-0.2, 0) is 14.3 Å². The molecule has 0 bridgehead atoms. The Kier molecular flexibility index (Phi) is 9.81. The molecule has 28 heavy (non-hydrogen) atoms. The Morgan fingerprint density at radius 1 is 0.929 bits per heavy atom. The molecule has 0 amide bonds. The maximum atomic E-state index is 13.0. The number of carboxylic acids is 1. The van der Waals surface area contributed by atoms with Crippen LogP contribution in [0.4, 0.5) is 0 Å². The summed E-state index contributed by atoms with van der Waals surface area (Å²) in [5.74, 6) is -0.482. The van der Waals surface area contributed by atoms with Gasteiger partial charge in [-0.25, -0.2) is 0 Å². The molecule has 0 aromatic rings. The molecule has 0 radical (unpaired) electrons. The smallest absolute Gasteiger partial charge is 0.309 e. The Labute approximate surface area is 171 Å². The molecule has 1 unspecified atom stereocenters. The van der Waals surface area contributed by atoms with E-state index in [4.69, 9.17) is 4.74 Å². The van der Waals surface area contributed by atoms with Gasteiger partial charge in [0, 0.05) is 0 Å². The SMILES string of the molecule is CCCCCC(CCC)CC1(OC(=O)C2CCC(C(=O)O)CC2)CCCCC1. The minimum Gasteiger partial charge on any atom is -0.481 e. The van der Waals surface area contributed by atoms with Gasteiger partial charge in [-0.05, 0) is 63.7 Å². The normalized spacial score (nSPS) is 25.8. The van der Waals surface area contributed by atoms with E-state index in [0.29, 0.717) is 31.6 Å². The number of aliphatic carboxylic acids is 1. The largest absolute Gasteiger partial charge is 0.481 e. The van der Waals surface area contributed by atoms with Crippen LogP contribution in [0.3, 0.4) is 0 Å². The first-order valence-corrected chi connectivity index (χ1v) is 12.0. The van der Waals surface area contributed by atoms with Gasteiger partial charge in [0.15, 0.2) is 0 Å². The first kappa shape index (κ1) is 23.2. The van der Waals surface area contributed by atoms with Gasteiger partial charge in [0.1, 0.15) is 5.60 Å². The van der Waals surface area contributed by atoms with Crippen molar-refractivity contribution in [1.29, 1.82) is 0 Å². The van der Waals surface area contributed by atoms with Crippen LogP contribution in [0.2, 0.25) is 0 Å². The lowest BCUT2D eigenvalue weighted by Gasteiger charge is -2.40. The second-order valence-electron chi connectivity index (χ2n) is 9.41. The summed E-state index contributed by atoms with van der Waals surface area (Å²) in [5, 5.41) is 9.19. The minimum atomic E-state index is -0.718. The first-order chi connectivity index (χ1) is 13.5. The van der Waals surface area contributed by atoms with Gasteiger partial charge in [0.25, 0.3) is 0 Å². The number of carboxylic acid groups (broad SMARTS) is 1. The quantitative estimate of drug-likeness (QED) is 0.320. The van der Waals surface area contributed by atoms with E-state index in [0.717, 1.165) is 32.1 Å². The molecule has 2 rings (SSSR count). The highest BCUT2D eigenvalue weighted by molar-refractivity contribution is 5.74. The summed E-state index contributed by atoms with van der Waals surface area (Å²) in [7, 11) is 0. The fourth-order valence-electron chi connectivity index (χ4n) is 5.38. The minimum absolute atomic E-state index is 0.0467. The van der Waals surface area contributed by atoms with Crippen LogP contribution in [0.1, 0.15) is 117 Å². The van der Waals surface area contributed by atoms with E-state index < -0.39 is 5.97 Å². The van der Waals surface area contributed by atoms with Crippen molar-refractivity contribution in [3.63, 3.8) is 0 Å².